The molecule has 2 rings (SSSR count). The fraction of sp³-hybridized carbons (Fsp3) is 0.278. The van der Waals surface area contributed by atoms with Gasteiger partial charge in [-0.3, -0.25) is 0 Å². The van der Waals surface area contributed by atoms with E-state index in [1.165, 1.54) is 20.3 Å². The molecule has 0 heterocycles. The van der Waals surface area contributed by atoms with Crippen LogP contribution in [0.1, 0.15) is 26.3 Å². The van der Waals surface area contributed by atoms with Crippen molar-refractivity contribution in [3.8, 4) is 22.6 Å². The first-order valence-corrected chi connectivity index (χ1v) is 12.0. The first-order valence-electron chi connectivity index (χ1n) is 7.86. The van der Waals surface area contributed by atoms with Crippen molar-refractivity contribution >= 4 is 39.8 Å². The van der Waals surface area contributed by atoms with E-state index in [0.717, 1.165) is 0 Å². The number of rotatable bonds is 6. The van der Waals surface area contributed by atoms with Crippen LogP contribution in [0, 0.1) is 17.0 Å². The molecular weight excluding hydrogens is 472 g/mol. The summed E-state index contributed by atoms with van der Waals surface area (Å²) < 4.78 is 39.2. The normalized spacial score (nSPS) is 10.3. The quantitative estimate of drug-likeness (QED) is 0.277. The number of hydrogen-bond acceptors (Lipinski definition) is 4. The summed E-state index contributed by atoms with van der Waals surface area (Å²) in [7, 11) is 2.62. The largest absolute Gasteiger partial charge is 0.494 e. The summed E-state index contributed by atoms with van der Waals surface area (Å²) in [6.45, 7) is 5.66. The summed E-state index contributed by atoms with van der Waals surface area (Å²) in [5, 5.41) is 10.9. The molecule has 1 atom stereocenters. The third-order valence-corrected chi connectivity index (χ3v) is 4.64. The Morgan fingerprint density at radius 3 is 2.04 bits per heavy atom. The zero-order valence-electron chi connectivity index (χ0n) is 15.3. The van der Waals surface area contributed by atoms with Crippen LogP contribution in [-0.2, 0) is 0 Å². The molecule has 26 heavy (non-hydrogen) atoms. The van der Waals surface area contributed by atoms with Crippen LogP contribution in [0.5, 0.6) is 11.5 Å². The zero-order chi connectivity index (χ0) is 19.9. The van der Waals surface area contributed by atoms with Crippen molar-refractivity contribution in [2.45, 2.75) is 20.8 Å². The molecule has 8 heteroatoms. The number of hydrogen-bond donors (Lipinski definition) is 2. The van der Waals surface area contributed by atoms with Crippen molar-refractivity contribution in [1.82, 2.24) is 0 Å². The molecule has 0 radical (unpaired) electrons. The van der Waals surface area contributed by atoms with Crippen LogP contribution >= 0.6 is 28.4 Å². The van der Waals surface area contributed by atoms with Crippen LogP contribution in [0.4, 0.5) is 14.5 Å². The minimum absolute atomic E-state index is 0.0964. The molecule has 2 aromatic carbocycles. The summed E-state index contributed by atoms with van der Waals surface area (Å²) in [4.78, 5) is 0. The van der Waals surface area contributed by atoms with Crippen molar-refractivity contribution < 1.29 is 18.3 Å². The molecule has 1 unspecified atom stereocenters. The maximum atomic E-state index is 14.6. The monoisotopic (exact) mass is 494 g/mol. The standard InChI is InChI=1S/C16H16F2IN2O2P.C2H6/c1-8(20)10-5-4-9(6-11(10)21-24-19)14-15(17)12(22-2)7-13(23-3)16(14)18;1-2/h4-7,20-21,24H,1-3H3;1-2H3. The van der Waals surface area contributed by atoms with E-state index in [1.807, 2.05) is 13.8 Å². The lowest BCUT2D eigenvalue weighted by atomic mass is 9.99. The van der Waals surface area contributed by atoms with Gasteiger partial charge in [0.15, 0.2) is 23.1 Å². The Hall–Kier alpha value is -1.47. The zero-order valence-corrected chi connectivity index (χ0v) is 18.4. The summed E-state index contributed by atoms with van der Waals surface area (Å²) in [5.41, 5.74) is 1.80. The van der Waals surface area contributed by atoms with Gasteiger partial charge in [-0.15, -0.1) is 0 Å². The van der Waals surface area contributed by atoms with E-state index in [0.29, 0.717) is 28.9 Å². The van der Waals surface area contributed by atoms with E-state index in [2.05, 4.69) is 27.1 Å². The molecule has 0 aromatic heterocycles. The van der Waals surface area contributed by atoms with Gasteiger partial charge in [0.25, 0.3) is 0 Å². The molecule has 0 aliphatic heterocycles. The fourth-order valence-electron chi connectivity index (χ4n) is 2.32. The highest BCUT2D eigenvalue weighted by molar-refractivity contribution is 14.2. The molecule has 142 valence electrons. The average Bonchev–Trinajstić information content (AvgIpc) is 2.64. The molecule has 0 saturated carbocycles. The highest BCUT2D eigenvalue weighted by atomic mass is 127. The highest BCUT2D eigenvalue weighted by Gasteiger charge is 2.22. The Labute approximate surface area is 167 Å². The van der Waals surface area contributed by atoms with E-state index >= 15 is 0 Å². The van der Waals surface area contributed by atoms with Crippen molar-refractivity contribution in [3.05, 3.63) is 41.5 Å². The van der Waals surface area contributed by atoms with Crippen molar-refractivity contribution in [1.29, 1.82) is 5.41 Å². The van der Waals surface area contributed by atoms with Gasteiger partial charge in [-0.25, -0.2) is 8.78 Å². The van der Waals surface area contributed by atoms with Gasteiger partial charge in [-0.2, -0.15) is 0 Å². The van der Waals surface area contributed by atoms with Crippen LogP contribution in [0.2, 0.25) is 0 Å². The van der Waals surface area contributed by atoms with Crippen molar-refractivity contribution in [2.24, 2.45) is 0 Å². The van der Waals surface area contributed by atoms with Gasteiger partial charge in [0.2, 0.25) is 0 Å². The molecule has 0 saturated heterocycles. The molecule has 0 spiro atoms. The molecule has 0 aliphatic rings. The number of benzene rings is 2. The Balaban J connectivity index is 0.00000163. The minimum Gasteiger partial charge on any atom is -0.494 e. The summed E-state index contributed by atoms with van der Waals surface area (Å²) >= 11 is 2.15. The van der Waals surface area contributed by atoms with Crippen LogP contribution in [-0.4, -0.2) is 19.9 Å². The SMILES string of the molecule is CC.COc1cc(OC)c(F)c(-c2ccc(C(C)=N)c(NPI)c2)c1F. The lowest BCUT2D eigenvalue weighted by molar-refractivity contribution is 0.360. The average molecular weight is 494 g/mol. The third kappa shape index (κ3) is 4.82. The Morgan fingerprint density at radius 2 is 1.62 bits per heavy atom. The molecule has 2 N–H and O–H groups in total. The second-order valence-corrected chi connectivity index (χ2v) is 6.95. The first-order chi connectivity index (χ1) is 12.4. The van der Waals surface area contributed by atoms with Crippen LogP contribution in [0.15, 0.2) is 24.3 Å². The molecule has 4 nitrogen and oxygen atoms in total. The van der Waals surface area contributed by atoms with Crippen molar-refractivity contribution in [3.63, 3.8) is 0 Å². The van der Waals surface area contributed by atoms with Crippen LogP contribution in [0.25, 0.3) is 11.1 Å². The lowest BCUT2D eigenvalue weighted by Crippen LogP contribution is -2.01. The van der Waals surface area contributed by atoms with E-state index in [4.69, 9.17) is 14.9 Å². The van der Waals surface area contributed by atoms with Gasteiger partial charge < -0.3 is 20.0 Å². The maximum absolute atomic E-state index is 14.6. The van der Waals surface area contributed by atoms with Crippen molar-refractivity contribution in [2.75, 3.05) is 19.3 Å². The lowest BCUT2D eigenvalue weighted by Gasteiger charge is -2.15. The smallest absolute Gasteiger partial charge is 0.176 e. The van der Waals surface area contributed by atoms with E-state index in [9.17, 15) is 8.78 Å². The summed E-state index contributed by atoms with van der Waals surface area (Å²) in [6, 6.07) is 6.05. The summed E-state index contributed by atoms with van der Waals surface area (Å²) in [5.74, 6) is -1.78. The first kappa shape index (κ1) is 22.6. The molecule has 2 aromatic rings. The third-order valence-electron chi connectivity index (χ3n) is 3.47. The predicted octanol–water partition coefficient (Wildman–Crippen LogP) is 6.42. The van der Waals surface area contributed by atoms with Gasteiger partial charge in [0.1, 0.15) is 0 Å². The second kappa shape index (κ2) is 10.6. The van der Waals surface area contributed by atoms with Gasteiger partial charge in [-0.1, -0.05) is 26.0 Å². The van der Waals surface area contributed by atoms with E-state index < -0.39 is 11.6 Å². The Bertz CT molecular complexity index is 760. The van der Waals surface area contributed by atoms with Crippen LogP contribution in [0.3, 0.4) is 0 Å². The van der Waals surface area contributed by atoms with Gasteiger partial charge in [-0.05, 0) is 40.6 Å². The minimum atomic E-state index is -0.794. The van der Waals surface area contributed by atoms with Crippen LogP contribution < -0.4 is 14.6 Å². The molecule has 0 bridgehead atoms. The fourth-order valence-corrected chi connectivity index (χ4v) is 3.50. The van der Waals surface area contributed by atoms with Gasteiger partial charge >= 0.3 is 0 Å². The highest BCUT2D eigenvalue weighted by Crippen LogP contribution is 2.39. The maximum Gasteiger partial charge on any atom is 0.176 e. The molecule has 0 amide bonds. The van der Waals surface area contributed by atoms with E-state index in [1.54, 1.807) is 25.1 Å². The second-order valence-electron chi connectivity index (χ2n) is 4.89. The van der Waals surface area contributed by atoms with E-state index in [-0.39, 0.29) is 17.1 Å². The Kier molecular flexibility index (Phi) is 9.22. The number of methoxy groups -OCH3 is 2. The predicted molar refractivity (Wildman–Crippen MR) is 115 cm³/mol. The number of nitrogens with one attached hydrogen (secondary N) is 2. The number of anilines is 1. The van der Waals surface area contributed by atoms with Gasteiger partial charge in [0, 0.05) is 29.4 Å². The Morgan fingerprint density at radius 1 is 1.08 bits per heavy atom. The number of halogens is 3. The molecule has 0 aliphatic carbocycles. The van der Waals surface area contributed by atoms with Gasteiger partial charge in [0.05, 0.1) is 19.8 Å². The molecular formula is C18H22F2IN2O2P. The summed E-state index contributed by atoms with van der Waals surface area (Å²) in [6.07, 6.45) is 0.355. The molecule has 0 fully saturated rings. The topological polar surface area (TPSA) is 54.3 Å². The number of ether oxygens (including phenoxy) is 2.